The van der Waals surface area contributed by atoms with Gasteiger partial charge in [-0.25, -0.2) is 14.1 Å². The van der Waals surface area contributed by atoms with E-state index >= 15 is 4.39 Å². The number of aromatic nitrogens is 8. The maximum Gasteiger partial charge on any atom is 0.319 e. The number of aryl methyl sites for hydroxylation is 1. The summed E-state index contributed by atoms with van der Waals surface area (Å²) in [4.78, 5) is 48.2. The Balaban J connectivity index is 0.788. The van der Waals surface area contributed by atoms with Crippen LogP contribution < -0.4 is 29.7 Å². The molecular formula is C59H62ClFN12O8S. The Hall–Kier alpha value is -7.34. The molecule has 13 rings (SSSR count). The van der Waals surface area contributed by atoms with E-state index in [1.807, 2.05) is 69.3 Å². The largest absolute Gasteiger partial charge is 0.489 e. The lowest BCUT2D eigenvalue weighted by Crippen LogP contribution is -2.53. The fourth-order valence-electron chi connectivity index (χ4n) is 12.6. The Morgan fingerprint density at radius 3 is 2.55 bits per heavy atom. The van der Waals surface area contributed by atoms with Crippen LogP contribution in [0.4, 0.5) is 10.2 Å². The van der Waals surface area contributed by atoms with Crippen LogP contribution in [0.25, 0.3) is 54.6 Å². The van der Waals surface area contributed by atoms with Crippen molar-refractivity contribution in [3.63, 3.8) is 0 Å². The summed E-state index contributed by atoms with van der Waals surface area (Å²) in [7, 11) is 0. The zero-order valence-corrected chi connectivity index (χ0v) is 47.4. The number of aliphatic hydroxyl groups is 2. The highest BCUT2D eigenvalue weighted by molar-refractivity contribution is 7.13. The molecule has 1 unspecified atom stereocenters. The second-order valence-electron chi connectivity index (χ2n) is 22.5. The molecule has 0 saturated carbocycles. The predicted molar refractivity (Wildman–Crippen MR) is 305 cm³/mol. The van der Waals surface area contributed by atoms with Gasteiger partial charge in [-0.05, 0) is 61.4 Å². The molecule has 20 nitrogen and oxygen atoms in total. The zero-order valence-electron chi connectivity index (χ0n) is 45.8. The maximum atomic E-state index is 16.1. The monoisotopic (exact) mass is 1150 g/mol. The van der Waals surface area contributed by atoms with E-state index in [0.29, 0.717) is 105 Å². The number of nitrogens with zero attached hydrogens (tertiary/aromatic N) is 9. The van der Waals surface area contributed by atoms with E-state index in [2.05, 4.69) is 41.0 Å². The summed E-state index contributed by atoms with van der Waals surface area (Å²) in [5, 5.41) is 46.1. The van der Waals surface area contributed by atoms with Crippen LogP contribution in [0.2, 0.25) is 5.02 Å². The molecule has 82 heavy (non-hydrogen) atoms. The minimum absolute atomic E-state index is 0.0265. The molecule has 4 fully saturated rings. The number of β-amino-alcohol motifs (C(OH)–C–C–N with tert-alkyl or cyclic N) is 1. The molecule has 4 aromatic heterocycles. The molecule has 4 aromatic carbocycles. The van der Waals surface area contributed by atoms with E-state index in [0.717, 1.165) is 34.7 Å². The van der Waals surface area contributed by atoms with Gasteiger partial charge in [-0.15, -0.1) is 16.4 Å². The number of anilines is 1. The van der Waals surface area contributed by atoms with E-state index < -0.39 is 48.0 Å². The molecule has 5 aliphatic heterocycles. The minimum Gasteiger partial charge on any atom is -0.489 e. The number of aliphatic hydroxyl groups excluding tert-OH is 2. The van der Waals surface area contributed by atoms with Crippen molar-refractivity contribution in [1.29, 1.82) is 0 Å². The Morgan fingerprint density at radius 2 is 1.80 bits per heavy atom. The van der Waals surface area contributed by atoms with E-state index in [9.17, 15) is 19.8 Å². The van der Waals surface area contributed by atoms with Crippen LogP contribution in [0.15, 0.2) is 72.5 Å². The summed E-state index contributed by atoms with van der Waals surface area (Å²) in [6.45, 7) is 11.2. The van der Waals surface area contributed by atoms with Gasteiger partial charge < -0.3 is 49.6 Å². The number of fused-ring (bicyclic) bond motifs is 7. The van der Waals surface area contributed by atoms with Crippen LogP contribution >= 0.6 is 22.9 Å². The highest BCUT2D eigenvalue weighted by Crippen LogP contribution is 2.55. The normalized spacial score (nSPS) is 21.7. The average Bonchev–Trinajstić information content (AvgIpc) is 3.57. The smallest absolute Gasteiger partial charge is 0.319 e. The van der Waals surface area contributed by atoms with Crippen molar-refractivity contribution in [1.82, 2.24) is 55.7 Å². The number of benzene rings is 4. The second kappa shape index (κ2) is 21.8. The first kappa shape index (κ1) is 53.9. The van der Waals surface area contributed by atoms with Crippen LogP contribution in [0.1, 0.15) is 80.9 Å². The lowest BCUT2D eigenvalue weighted by atomic mass is 9.93. The molecule has 2 bridgehead atoms. The number of rotatable bonds is 15. The van der Waals surface area contributed by atoms with Gasteiger partial charge in [-0.3, -0.25) is 14.7 Å². The third kappa shape index (κ3) is 9.65. The topological polar surface area (TPSA) is 240 Å². The van der Waals surface area contributed by atoms with Crippen molar-refractivity contribution in [2.24, 2.45) is 5.92 Å². The number of ether oxygens (including phenoxy) is 4. The molecule has 9 heterocycles. The number of carbonyl (C=O) groups is 2. The van der Waals surface area contributed by atoms with Gasteiger partial charge in [0.25, 0.3) is 0 Å². The third-order valence-electron chi connectivity index (χ3n) is 16.8. The van der Waals surface area contributed by atoms with Gasteiger partial charge in [0.1, 0.15) is 54.2 Å². The molecule has 23 heteroatoms. The molecule has 0 aliphatic carbocycles. The zero-order chi connectivity index (χ0) is 56.7. The van der Waals surface area contributed by atoms with Crippen molar-refractivity contribution in [3.8, 4) is 50.3 Å². The van der Waals surface area contributed by atoms with Gasteiger partial charge >= 0.3 is 6.01 Å². The van der Waals surface area contributed by atoms with Gasteiger partial charge in [-0.2, -0.15) is 15.1 Å². The molecule has 5 aliphatic rings. The number of hydrogen-bond donors (Lipinski definition) is 5. The molecule has 0 radical (unpaired) electrons. The van der Waals surface area contributed by atoms with Crippen LogP contribution in [0, 0.1) is 25.6 Å². The SMILES string of the molecule is Cc1ncsc1-c1ccc(C(NC(=O)[C@@H]2C[C@@H](O)CN2C(=O)[C@H](C(C)C)n2cc(-c3ccc(COc4c(-c5c(C)c(F)cc6[nH]ncc56)c(Cl)c5c6c(nc(OC7CCOCC7)nc46)N4[C@@H]6CN[C@@H](C6)[C@H]4CO5)cc3)nn2)[C@H](C)O)cc1. The summed E-state index contributed by atoms with van der Waals surface area (Å²) < 4.78 is 43.6. The van der Waals surface area contributed by atoms with Gasteiger partial charge in [-0.1, -0.05) is 79.2 Å². The van der Waals surface area contributed by atoms with E-state index in [1.165, 1.54) is 27.0 Å². The number of halogens is 2. The Kier molecular flexibility index (Phi) is 14.3. The first-order chi connectivity index (χ1) is 39.7. The molecule has 8 aromatic rings. The summed E-state index contributed by atoms with van der Waals surface area (Å²) in [6, 6.07) is 14.4. The number of H-pyrrole nitrogens is 1. The number of nitrogens with one attached hydrogen (secondary N) is 3. The average molecular weight is 1150 g/mol. The number of aromatic amines is 1. The quantitative estimate of drug-likeness (QED) is 0.0658. The lowest BCUT2D eigenvalue weighted by molar-refractivity contribution is -0.143. The molecule has 0 spiro atoms. The fraction of sp³-hybridized carbons (Fsp3) is 0.424. The van der Waals surface area contributed by atoms with Crippen LogP contribution in [-0.4, -0.2) is 142 Å². The predicted octanol–water partition coefficient (Wildman–Crippen LogP) is 7.81. The van der Waals surface area contributed by atoms with Gasteiger partial charge in [0.15, 0.2) is 11.5 Å². The highest BCUT2D eigenvalue weighted by Gasteiger charge is 2.50. The van der Waals surface area contributed by atoms with Crippen molar-refractivity contribution in [2.75, 3.05) is 37.8 Å². The second-order valence-corrected chi connectivity index (χ2v) is 23.7. The molecule has 4 saturated heterocycles. The Morgan fingerprint density at radius 1 is 1.02 bits per heavy atom. The molecule has 5 N–H and O–H groups in total. The van der Waals surface area contributed by atoms with E-state index in [4.69, 9.17) is 40.5 Å². The number of likely N-dealkylation sites (tertiary alicyclic amines) is 1. The standard InChI is InChI=1S/C59H62ClFN12O8S/c1-28(2)52(58(77)71-23-37(75)19-44(71)57(76)65-50(31(5)74)34-10-12-35(13-11-34)55-30(4)63-27-82-55)72-24-43(69-70-72)33-8-6-32(7-9-33)25-79-54-47(46-29(3)40(61)20-41-39(46)22-64-68-41)49(60)53-48-51(54)66-59(81-38-14-16-78-17-15-38)67-56(48)73-36-18-42(62-21-36)45(73)26-80-53/h6-13,20,22,24,27-28,31,36-38,42,44-45,50,52,62,74-75H,14-19,21,23,25-26H2,1-5H3,(H,64,68)(H,65,76)/t31-,36-,37+,42-,44-,45+,50?,52-/m0/s1. The third-order valence-corrected chi connectivity index (χ3v) is 18.2. The highest BCUT2D eigenvalue weighted by atomic mass is 35.5. The molecule has 426 valence electrons. The van der Waals surface area contributed by atoms with Crippen molar-refractivity contribution in [3.05, 3.63) is 106 Å². The van der Waals surface area contributed by atoms with Gasteiger partial charge in [0.05, 0.1) is 81.9 Å². The van der Waals surface area contributed by atoms with Crippen molar-refractivity contribution in [2.45, 2.75) is 121 Å². The minimum atomic E-state index is -1.00. The van der Waals surface area contributed by atoms with Crippen LogP contribution in [0.3, 0.4) is 0 Å². The molecule has 2 amide bonds. The molecular weight excluding hydrogens is 1090 g/mol. The first-order valence-corrected chi connectivity index (χ1v) is 29.1. The van der Waals surface area contributed by atoms with E-state index in [1.54, 1.807) is 31.8 Å². The number of hydrogen-bond acceptors (Lipinski definition) is 17. The summed E-state index contributed by atoms with van der Waals surface area (Å²) >= 11 is 9.17. The Labute approximate surface area is 480 Å². The maximum absolute atomic E-state index is 16.1. The van der Waals surface area contributed by atoms with E-state index in [-0.39, 0.29) is 60.8 Å². The summed E-state index contributed by atoms with van der Waals surface area (Å²) in [5.41, 5.74) is 8.44. The first-order valence-electron chi connectivity index (χ1n) is 27.9. The van der Waals surface area contributed by atoms with Gasteiger partial charge in [0.2, 0.25) is 11.8 Å². The number of piperazine rings is 1. The lowest BCUT2D eigenvalue weighted by Gasteiger charge is -2.35. The van der Waals surface area contributed by atoms with Gasteiger partial charge in [0, 0.05) is 66.5 Å². The fourth-order valence-corrected chi connectivity index (χ4v) is 13.8. The summed E-state index contributed by atoms with van der Waals surface area (Å²) in [5.74, 6) is -0.320. The number of amides is 2. The summed E-state index contributed by atoms with van der Waals surface area (Å²) in [6.07, 6.45) is 3.57. The van der Waals surface area contributed by atoms with Crippen LogP contribution in [-0.2, 0) is 20.9 Å². The Bertz CT molecular complexity index is 3740. The molecule has 8 atom stereocenters. The van der Waals surface area contributed by atoms with Crippen molar-refractivity contribution >= 4 is 62.4 Å². The number of thiazole rings is 1. The van der Waals surface area contributed by atoms with Crippen LogP contribution in [0.5, 0.6) is 17.5 Å². The number of carbonyl (C=O) groups excluding carboxylic acids is 2. The van der Waals surface area contributed by atoms with Crippen molar-refractivity contribution < 1.29 is 43.1 Å².